The van der Waals surface area contributed by atoms with Crippen LogP contribution in [-0.4, -0.2) is 30.1 Å². The molecule has 0 spiro atoms. The lowest BCUT2D eigenvalue weighted by atomic mass is 9.96. The number of carboxylic acid groups (broad SMARTS) is 1. The number of hydrogen-bond acceptors (Lipinski definition) is 3. The van der Waals surface area contributed by atoms with Gasteiger partial charge in [0.25, 0.3) is 0 Å². The van der Waals surface area contributed by atoms with Gasteiger partial charge in [0.15, 0.2) is 0 Å². The van der Waals surface area contributed by atoms with Crippen molar-refractivity contribution in [3.63, 3.8) is 0 Å². The molecule has 1 rings (SSSR count). The predicted octanol–water partition coefficient (Wildman–Crippen LogP) is 2.33. The first kappa shape index (κ1) is 17.0. The van der Waals surface area contributed by atoms with Gasteiger partial charge in [-0.05, 0) is 31.4 Å². The van der Waals surface area contributed by atoms with E-state index in [1.54, 1.807) is 27.9 Å². The van der Waals surface area contributed by atoms with Gasteiger partial charge in [-0.1, -0.05) is 26.0 Å². The summed E-state index contributed by atoms with van der Waals surface area (Å²) in [5.41, 5.74) is 1.78. The van der Waals surface area contributed by atoms with Gasteiger partial charge < -0.3 is 15.2 Å². The molecule has 116 valence electrons. The van der Waals surface area contributed by atoms with E-state index in [4.69, 9.17) is 9.84 Å². The number of benzene rings is 1. The molecule has 0 radical (unpaired) electrons. The lowest BCUT2D eigenvalue weighted by Gasteiger charge is -2.21. The van der Waals surface area contributed by atoms with Crippen LogP contribution >= 0.6 is 0 Å². The number of methoxy groups -OCH3 is 1. The zero-order valence-electron chi connectivity index (χ0n) is 13.1. The van der Waals surface area contributed by atoms with Gasteiger partial charge in [-0.2, -0.15) is 0 Å². The largest absolute Gasteiger partial charge is 0.496 e. The molecule has 0 aliphatic heterocycles. The maximum Gasteiger partial charge on any atom is 0.326 e. The van der Waals surface area contributed by atoms with Gasteiger partial charge in [0, 0.05) is 5.56 Å². The Morgan fingerprint density at radius 3 is 2.33 bits per heavy atom. The third-order valence-electron chi connectivity index (χ3n) is 3.48. The number of ether oxygens (including phenoxy) is 1. The van der Waals surface area contributed by atoms with Crippen molar-refractivity contribution in [1.29, 1.82) is 0 Å². The highest BCUT2D eigenvalue weighted by Crippen LogP contribution is 2.28. The van der Waals surface area contributed by atoms with Gasteiger partial charge in [0.05, 0.1) is 13.0 Å². The first-order valence-electron chi connectivity index (χ1n) is 6.95. The Bertz CT molecular complexity index is 525. The molecule has 0 aliphatic rings. The minimum Gasteiger partial charge on any atom is -0.496 e. The van der Waals surface area contributed by atoms with Crippen molar-refractivity contribution in [2.45, 2.75) is 39.7 Å². The smallest absolute Gasteiger partial charge is 0.326 e. The second-order valence-corrected chi connectivity index (χ2v) is 5.54. The Balaban J connectivity index is 2.95. The minimum atomic E-state index is -1.03. The second-order valence-electron chi connectivity index (χ2n) is 5.54. The van der Waals surface area contributed by atoms with Crippen molar-refractivity contribution in [3.05, 3.63) is 29.3 Å². The number of aryl methyl sites for hydroxylation is 1. The molecule has 21 heavy (non-hydrogen) atoms. The van der Waals surface area contributed by atoms with E-state index >= 15 is 0 Å². The summed E-state index contributed by atoms with van der Waals surface area (Å²) >= 11 is 0. The summed E-state index contributed by atoms with van der Waals surface area (Å²) in [4.78, 5) is 23.4. The average molecular weight is 293 g/mol. The van der Waals surface area contributed by atoms with Crippen molar-refractivity contribution in [1.82, 2.24) is 5.32 Å². The van der Waals surface area contributed by atoms with Crippen LogP contribution in [0.3, 0.4) is 0 Å². The number of carboxylic acids is 1. The molecule has 5 heteroatoms. The lowest BCUT2D eigenvalue weighted by molar-refractivity contribution is -0.143. The number of hydrogen-bond donors (Lipinski definition) is 2. The van der Waals surface area contributed by atoms with E-state index in [-0.39, 0.29) is 11.8 Å². The second kappa shape index (κ2) is 7.11. The molecule has 1 aromatic carbocycles. The van der Waals surface area contributed by atoms with E-state index in [0.29, 0.717) is 5.75 Å². The van der Waals surface area contributed by atoms with Crippen LogP contribution in [0.15, 0.2) is 18.2 Å². The summed E-state index contributed by atoms with van der Waals surface area (Å²) in [5.74, 6) is -1.38. The fraction of sp³-hybridized carbons (Fsp3) is 0.500. The zero-order valence-corrected chi connectivity index (χ0v) is 13.1. The molecule has 1 aromatic rings. The fourth-order valence-electron chi connectivity index (χ4n) is 2.11. The Morgan fingerprint density at radius 1 is 1.24 bits per heavy atom. The molecule has 0 saturated heterocycles. The quantitative estimate of drug-likeness (QED) is 0.844. The third kappa shape index (κ3) is 4.21. The first-order chi connectivity index (χ1) is 9.77. The van der Waals surface area contributed by atoms with E-state index in [9.17, 15) is 9.59 Å². The Kier molecular flexibility index (Phi) is 5.76. The molecule has 0 fully saturated rings. The number of nitrogens with one attached hydrogen (secondary N) is 1. The molecule has 2 unspecified atom stereocenters. The highest BCUT2D eigenvalue weighted by Gasteiger charge is 2.27. The number of carbonyl (C=O) groups is 2. The number of amides is 1. The summed E-state index contributed by atoms with van der Waals surface area (Å²) in [6, 6.07) is 4.70. The van der Waals surface area contributed by atoms with Crippen LogP contribution in [0.25, 0.3) is 0 Å². The molecular weight excluding hydrogens is 270 g/mol. The summed E-state index contributed by atoms with van der Waals surface area (Å²) in [7, 11) is 1.55. The van der Waals surface area contributed by atoms with Crippen molar-refractivity contribution in [2.75, 3.05) is 7.11 Å². The van der Waals surface area contributed by atoms with Crippen LogP contribution in [0, 0.1) is 12.8 Å². The monoisotopic (exact) mass is 293 g/mol. The van der Waals surface area contributed by atoms with Gasteiger partial charge in [-0.25, -0.2) is 4.79 Å². The van der Waals surface area contributed by atoms with Crippen LogP contribution < -0.4 is 10.1 Å². The van der Waals surface area contributed by atoms with E-state index < -0.39 is 17.9 Å². The first-order valence-corrected chi connectivity index (χ1v) is 6.95. The van der Waals surface area contributed by atoms with Crippen LogP contribution in [-0.2, 0) is 9.59 Å². The van der Waals surface area contributed by atoms with Crippen molar-refractivity contribution in [3.8, 4) is 5.75 Å². The lowest BCUT2D eigenvalue weighted by Crippen LogP contribution is -2.45. The van der Waals surface area contributed by atoms with Crippen LogP contribution in [0.5, 0.6) is 5.75 Å². The molecular formula is C16H23NO4. The maximum atomic E-state index is 12.3. The SMILES string of the molecule is COc1cc(C)ccc1C(C)C(=O)NC(C(=O)O)C(C)C. The molecule has 0 heterocycles. The Labute approximate surface area is 125 Å². The van der Waals surface area contributed by atoms with E-state index in [1.807, 2.05) is 25.1 Å². The average Bonchev–Trinajstić information content (AvgIpc) is 2.42. The molecule has 0 saturated carbocycles. The van der Waals surface area contributed by atoms with E-state index in [1.165, 1.54) is 0 Å². The molecule has 2 atom stereocenters. The van der Waals surface area contributed by atoms with Gasteiger partial charge in [-0.15, -0.1) is 0 Å². The molecule has 0 aliphatic carbocycles. The maximum absolute atomic E-state index is 12.3. The number of carbonyl (C=O) groups excluding carboxylic acids is 1. The van der Waals surface area contributed by atoms with Crippen LogP contribution in [0.4, 0.5) is 0 Å². The summed E-state index contributed by atoms with van der Waals surface area (Å²) in [6.45, 7) is 7.20. The molecule has 0 aromatic heterocycles. The Hall–Kier alpha value is -2.04. The number of rotatable bonds is 6. The van der Waals surface area contributed by atoms with Crippen molar-refractivity contribution < 1.29 is 19.4 Å². The highest BCUT2D eigenvalue weighted by atomic mass is 16.5. The van der Waals surface area contributed by atoms with Crippen molar-refractivity contribution >= 4 is 11.9 Å². The summed E-state index contributed by atoms with van der Waals surface area (Å²) in [6.07, 6.45) is 0. The predicted molar refractivity (Wildman–Crippen MR) is 80.6 cm³/mol. The van der Waals surface area contributed by atoms with E-state index in [2.05, 4.69) is 5.32 Å². The van der Waals surface area contributed by atoms with Gasteiger partial charge in [-0.3, -0.25) is 4.79 Å². The van der Waals surface area contributed by atoms with Crippen molar-refractivity contribution in [2.24, 2.45) is 5.92 Å². The molecule has 5 nitrogen and oxygen atoms in total. The fourth-order valence-corrected chi connectivity index (χ4v) is 2.11. The minimum absolute atomic E-state index is 0.182. The molecule has 0 bridgehead atoms. The van der Waals surface area contributed by atoms with Crippen LogP contribution in [0.1, 0.15) is 37.8 Å². The van der Waals surface area contributed by atoms with Gasteiger partial charge in [0.2, 0.25) is 5.91 Å². The number of aliphatic carboxylic acids is 1. The zero-order chi connectivity index (χ0) is 16.2. The third-order valence-corrected chi connectivity index (χ3v) is 3.48. The summed E-state index contributed by atoms with van der Waals surface area (Å²) in [5, 5.41) is 11.7. The highest BCUT2D eigenvalue weighted by molar-refractivity contribution is 5.88. The summed E-state index contributed by atoms with van der Waals surface area (Å²) < 4.78 is 5.30. The molecule has 1 amide bonds. The van der Waals surface area contributed by atoms with E-state index in [0.717, 1.165) is 11.1 Å². The standard InChI is InChI=1S/C16H23NO4/c1-9(2)14(16(19)20)17-15(18)11(4)12-7-6-10(3)8-13(12)21-5/h6-9,11,14H,1-5H3,(H,17,18)(H,19,20). The topological polar surface area (TPSA) is 75.6 Å². The van der Waals surface area contributed by atoms with Gasteiger partial charge in [0.1, 0.15) is 11.8 Å². The van der Waals surface area contributed by atoms with Crippen LogP contribution in [0.2, 0.25) is 0 Å². The normalized spacial score (nSPS) is 13.6. The Morgan fingerprint density at radius 2 is 1.86 bits per heavy atom. The van der Waals surface area contributed by atoms with Gasteiger partial charge >= 0.3 is 5.97 Å². The molecule has 2 N–H and O–H groups in total.